The Balaban J connectivity index is 1.51. The van der Waals surface area contributed by atoms with E-state index in [4.69, 9.17) is 4.98 Å². The molecule has 1 aromatic heterocycles. The Labute approximate surface area is 180 Å². The molecule has 0 bridgehead atoms. The third-order valence-electron chi connectivity index (χ3n) is 5.56. The summed E-state index contributed by atoms with van der Waals surface area (Å²) in [7, 11) is -3.24. The summed E-state index contributed by atoms with van der Waals surface area (Å²) in [4.78, 5) is 18.2. The van der Waals surface area contributed by atoms with Crippen molar-refractivity contribution >= 4 is 37.3 Å². The number of rotatable bonds is 5. The van der Waals surface area contributed by atoms with Crippen LogP contribution < -0.4 is 5.32 Å². The number of amides is 1. The molecule has 1 aliphatic carbocycles. The van der Waals surface area contributed by atoms with Crippen molar-refractivity contribution in [1.29, 1.82) is 0 Å². The minimum Gasteiger partial charge on any atom is -0.349 e. The Kier molecular flexibility index (Phi) is 5.75. The number of hydrogen-bond donors (Lipinski definition) is 1. The van der Waals surface area contributed by atoms with Gasteiger partial charge in [0.1, 0.15) is 0 Å². The van der Waals surface area contributed by atoms with Crippen molar-refractivity contribution in [1.82, 2.24) is 10.3 Å². The zero-order valence-corrected chi connectivity index (χ0v) is 18.5. The molecule has 0 aliphatic heterocycles. The molecule has 1 amide bonds. The summed E-state index contributed by atoms with van der Waals surface area (Å²) < 4.78 is 24.4. The number of sulfone groups is 1. The lowest BCUT2D eigenvalue weighted by Crippen LogP contribution is -2.36. The fourth-order valence-electron chi connectivity index (χ4n) is 3.83. The van der Waals surface area contributed by atoms with Crippen LogP contribution in [0, 0.1) is 5.92 Å². The van der Waals surface area contributed by atoms with Crippen LogP contribution in [0.5, 0.6) is 0 Å². The maximum atomic E-state index is 13.1. The van der Waals surface area contributed by atoms with Crippen LogP contribution in [0.2, 0.25) is 0 Å². The molecular formula is C23H24N2O3S2. The zero-order chi connectivity index (χ0) is 21.3. The van der Waals surface area contributed by atoms with Gasteiger partial charge in [-0.2, -0.15) is 0 Å². The number of carbonyl (C=O) groups excluding carboxylic acids is 1. The predicted molar refractivity (Wildman–Crippen MR) is 120 cm³/mol. The molecule has 4 rings (SSSR count). The van der Waals surface area contributed by atoms with E-state index in [0.29, 0.717) is 6.42 Å². The summed E-state index contributed by atoms with van der Waals surface area (Å²) in [6.45, 7) is 1.92. The van der Waals surface area contributed by atoms with E-state index in [1.54, 1.807) is 35.6 Å². The Morgan fingerprint density at radius 2 is 1.80 bits per heavy atom. The first kappa shape index (κ1) is 20.8. The number of benzene rings is 2. The van der Waals surface area contributed by atoms with Gasteiger partial charge in [-0.15, -0.1) is 11.3 Å². The number of allylic oxidation sites excluding steroid dienone is 2. The van der Waals surface area contributed by atoms with E-state index in [9.17, 15) is 13.2 Å². The molecule has 7 heteroatoms. The monoisotopic (exact) mass is 440 g/mol. The number of thiazole rings is 1. The van der Waals surface area contributed by atoms with E-state index in [2.05, 4.69) is 23.5 Å². The minimum atomic E-state index is -3.24. The van der Waals surface area contributed by atoms with Gasteiger partial charge in [0.25, 0.3) is 0 Å². The van der Waals surface area contributed by atoms with E-state index >= 15 is 0 Å². The van der Waals surface area contributed by atoms with Gasteiger partial charge in [-0.25, -0.2) is 13.4 Å². The SMILES string of the molecule is CC(NC(=O)C1CC=CCC1c1nc2ccccc2s1)c1ccc(S(C)(=O)=O)cc1. The summed E-state index contributed by atoms with van der Waals surface area (Å²) in [6, 6.07) is 14.5. The normalized spacial score (nSPS) is 20.2. The maximum Gasteiger partial charge on any atom is 0.224 e. The van der Waals surface area contributed by atoms with Crippen molar-refractivity contribution in [2.45, 2.75) is 36.6 Å². The predicted octanol–water partition coefficient (Wildman–Crippen LogP) is 4.63. The van der Waals surface area contributed by atoms with Crippen molar-refractivity contribution in [3.05, 3.63) is 71.3 Å². The summed E-state index contributed by atoms with van der Waals surface area (Å²) in [5.74, 6) is -0.108. The second-order valence-electron chi connectivity index (χ2n) is 7.75. The highest BCUT2D eigenvalue weighted by molar-refractivity contribution is 7.90. The van der Waals surface area contributed by atoms with Gasteiger partial charge in [-0.05, 0) is 49.6 Å². The third-order valence-corrected chi connectivity index (χ3v) is 7.86. The largest absolute Gasteiger partial charge is 0.349 e. The number of para-hydroxylation sites is 1. The molecule has 0 saturated heterocycles. The third kappa shape index (κ3) is 4.32. The van der Waals surface area contributed by atoms with E-state index in [0.717, 1.165) is 27.2 Å². The molecule has 1 N–H and O–H groups in total. The molecule has 156 valence electrons. The van der Waals surface area contributed by atoms with Crippen molar-refractivity contribution in [3.8, 4) is 0 Å². The molecule has 2 aromatic carbocycles. The molecule has 3 unspecified atom stereocenters. The molecule has 0 spiro atoms. The molecule has 0 radical (unpaired) electrons. The first-order valence-corrected chi connectivity index (χ1v) is 12.6. The molecule has 1 aliphatic rings. The molecule has 3 aromatic rings. The van der Waals surface area contributed by atoms with Crippen LogP contribution in [-0.4, -0.2) is 25.6 Å². The van der Waals surface area contributed by atoms with Crippen molar-refractivity contribution in [2.24, 2.45) is 5.92 Å². The average molecular weight is 441 g/mol. The molecule has 1 heterocycles. The molecule has 0 saturated carbocycles. The smallest absolute Gasteiger partial charge is 0.224 e. The number of carbonyl (C=O) groups is 1. The van der Waals surface area contributed by atoms with Gasteiger partial charge in [-0.1, -0.05) is 36.4 Å². The number of fused-ring (bicyclic) bond motifs is 1. The standard InChI is InChI=1S/C23H24N2O3S2/c1-15(16-11-13-17(14-12-16)30(2,27)28)24-22(26)18-7-3-4-8-19(18)23-25-20-9-5-6-10-21(20)29-23/h3-6,9-15,18-19H,7-8H2,1-2H3,(H,24,26). The van der Waals surface area contributed by atoms with Gasteiger partial charge >= 0.3 is 0 Å². The number of nitrogens with zero attached hydrogens (tertiary/aromatic N) is 1. The fourth-order valence-corrected chi connectivity index (χ4v) is 5.61. The molecular weight excluding hydrogens is 416 g/mol. The Bertz CT molecular complexity index is 1160. The van der Waals surface area contributed by atoms with Crippen LogP contribution in [0.4, 0.5) is 0 Å². The Morgan fingerprint density at radius 1 is 1.10 bits per heavy atom. The summed E-state index contributed by atoms with van der Waals surface area (Å²) in [5, 5.41) is 4.12. The van der Waals surface area contributed by atoms with Crippen LogP contribution in [0.15, 0.2) is 65.6 Å². The van der Waals surface area contributed by atoms with E-state index in [1.165, 1.54) is 6.26 Å². The van der Waals surface area contributed by atoms with Crippen LogP contribution in [0.3, 0.4) is 0 Å². The summed E-state index contributed by atoms with van der Waals surface area (Å²) in [6.07, 6.45) is 6.88. The maximum absolute atomic E-state index is 13.1. The van der Waals surface area contributed by atoms with Gasteiger partial charge in [0, 0.05) is 12.2 Å². The minimum absolute atomic E-state index is 0.00305. The average Bonchev–Trinajstić information content (AvgIpc) is 3.17. The zero-order valence-electron chi connectivity index (χ0n) is 16.9. The van der Waals surface area contributed by atoms with Gasteiger partial charge < -0.3 is 5.32 Å². The highest BCUT2D eigenvalue weighted by atomic mass is 32.2. The van der Waals surface area contributed by atoms with Gasteiger partial charge in [-0.3, -0.25) is 4.79 Å². The number of aromatic nitrogens is 1. The topological polar surface area (TPSA) is 76.1 Å². The highest BCUT2D eigenvalue weighted by Crippen LogP contribution is 2.38. The quantitative estimate of drug-likeness (QED) is 0.587. The van der Waals surface area contributed by atoms with Crippen LogP contribution in [0.1, 0.15) is 42.3 Å². The number of hydrogen-bond acceptors (Lipinski definition) is 5. The van der Waals surface area contributed by atoms with E-state index in [1.807, 2.05) is 25.1 Å². The Hall–Kier alpha value is -2.51. The first-order valence-electron chi connectivity index (χ1n) is 9.94. The highest BCUT2D eigenvalue weighted by Gasteiger charge is 2.33. The number of nitrogens with one attached hydrogen (secondary N) is 1. The van der Waals surface area contributed by atoms with Gasteiger partial charge in [0.2, 0.25) is 5.91 Å². The molecule has 30 heavy (non-hydrogen) atoms. The molecule has 3 atom stereocenters. The Morgan fingerprint density at radius 3 is 2.50 bits per heavy atom. The fraction of sp³-hybridized carbons (Fsp3) is 0.304. The lowest BCUT2D eigenvalue weighted by atomic mass is 9.82. The lowest BCUT2D eigenvalue weighted by molar-refractivity contribution is -0.126. The van der Waals surface area contributed by atoms with Crippen molar-refractivity contribution in [3.63, 3.8) is 0 Å². The van der Waals surface area contributed by atoms with Crippen LogP contribution >= 0.6 is 11.3 Å². The van der Waals surface area contributed by atoms with Gasteiger partial charge in [0.05, 0.1) is 32.1 Å². The molecule has 0 fully saturated rings. The first-order chi connectivity index (χ1) is 14.3. The van der Waals surface area contributed by atoms with Crippen molar-refractivity contribution in [2.75, 3.05) is 6.26 Å². The van der Waals surface area contributed by atoms with Crippen LogP contribution in [-0.2, 0) is 14.6 Å². The van der Waals surface area contributed by atoms with Crippen LogP contribution in [0.25, 0.3) is 10.2 Å². The second-order valence-corrected chi connectivity index (χ2v) is 10.8. The summed E-state index contributed by atoms with van der Waals surface area (Å²) in [5.41, 5.74) is 1.85. The second kappa shape index (κ2) is 8.32. The van der Waals surface area contributed by atoms with Crippen molar-refractivity contribution < 1.29 is 13.2 Å². The summed E-state index contributed by atoms with van der Waals surface area (Å²) >= 11 is 1.66. The van der Waals surface area contributed by atoms with E-state index in [-0.39, 0.29) is 28.7 Å². The molecule has 5 nitrogen and oxygen atoms in total. The van der Waals surface area contributed by atoms with E-state index < -0.39 is 9.84 Å². The lowest BCUT2D eigenvalue weighted by Gasteiger charge is -2.27. The van der Waals surface area contributed by atoms with Gasteiger partial charge in [0.15, 0.2) is 9.84 Å².